The van der Waals surface area contributed by atoms with Crippen LogP contribution in [-0.2, 0) is 14.4 Å². The van der Waals surface area contributed by atoms with E-state index in [1.54, 1.807) is 0 Å². The SMILES string of the molecule is CCCCCCCCCCCCCCCCC(C(=O)O)C(O)(CC(=O)O)C(=O)O.[Bi]. The van der Waals surface area contributed by atoms with E-state index < -0.39 is 35.8 Å². The van der Waals surface area contributed by atoms with E-state index in [0.717, 1.165) is 25.7 Å². The van der Waals surface area contributed by atoms with E-state index in [1.807, 2.05) is 0 Å². The summed E-state index contributed by atoms with van der Waals surface area (Å²) in [4.78, 5) is 33.5. The van der Waals surface area contributed by atoms with Crippen molar-refractivity contribution in [3.05, 3.63) is 0 Å². The van der Waals surface area contributed by atoms with E-state index >= 15 is 0 Å². The Kier molecular flexibility index (Phi) is 19.9. The topological polar surface area (TPSA) is 132 Å². The molecule has 0 aliphatic heterocycles. The molecule has 0 spiro atoms. The zero-order valence-corrected chi connectivity index (χ0v) is 21.8. The summed E-state index contributed by atoms with van der Waals surface area (Å²) in [6, 6.07) is 0. The van der Waals surface area contributed by atoms with Crippen LogP contribution in [-0.4, -0.2) is 70.1 Å². The molecule has 0 saturated heterocycles. The van der Waals surface area contributed by atoms with Gasteiger partial charge in [0.1, 0.15) is 0 Å². The van der Waals surface area contributed by atoms with Crippen molar-refractivity contribution in [1.82, 2.24) is 0 Å². The van der Waals surface area contributed by atoms with Gasteiger partial charge in [0.05, 0.1) is 12.3 Å². The van der Waals surface area contributed by atoms with Crippen LogP contribution in [0.4, 0.5) is 0 Å². The van der Waals surface area contributed by atoms with Gasteiger partial charge in [0.25, 0.3) is 0 Å². The Bertz CT molecular complexity index is 484. The van der Waals surface area contributed by atoms with Gasteiger partial charge in [0, 0.05) is 26.2 Å². The summed E-state index contributed by atoms with van der Waals surface area (Å²) in [5.41, 5.74) is -2.78. The molecule has 0 bridgehead atoms. The first-order chi connectivity index (χ1) is 13.8. The smallest absolute Gasteiger partial charge is 0.337 e. The number of aliphatic carboxylic acids is 3. The van der Waals surface area contributed by atoms with Gasteiger partial charge in [0.2, 0.25) is 0 Å². The van der Waals surface area contributed by atoms with E-state index in [9.17, 15) is 24.6 Å². The second kappa shape index (κ2) is 19.0. The minimum absolute atomic E-state index is 0. The molecule has 0 aromatic heterocycles. The third-order valence-electron chi connectivity index (χ3n) is 5.51. The van der Waals surface area contributed by atoms with Crippen LogP contribution in [0.1, 0.15) is 110 Å². The largest absolute Gasteiger partial charge is 0.481 e. The Labute approximate surface area is 199 Å². The maximum Gasteiger partial charge on any atom is 0.337 e. The normalized spacial score (nSPS) is 13.8. The molecule has 2 unspecified atom stereocenters. The first kappa shape index (κ1) is 31.4. The molecule has 2 atom stereocenters. The van der Waals surface area contributed by atoms with Gasteiger partial charge in [-0.05, 0) is 6.42 Å². The van der Waals surface area contributed by atoms with Gasteiger partial charge in [-0.15, -0.1) is 0 Å². The summed E-state index contributed by atoms with van der Waals surface area (Å²) in [7, 11) is 0. The standard InChI is InChI=1S/C22H40O7.Bi/c1-2-3-4-5-6-7-8-9-10-11-12-13-14-15-16-18(20(25)26)22(29,21(27)28)17-19(23)24;/h18,29H,2-17H2,1H3,(H,23,24)(H,25,26)(H,27,28);. The average Bonchev–Trinajstić information content (AvgIpc) is 2.63. The number of rotatable bonds is 20. The maximum absolute atomic E-state index is 11.4. The molecule has 175 valence electrons. The Morgan fingerprint density at radius 3 is 1.37 bits per heavy atom. The van der Waals surface area contributed by atoms with Crippen molar-refractivity contribution in [1.29, 1.82) is 0 Å². The van der Waals surface area contributed by atoms with Crippen molar-refractivity contribution in [2.24, 2.45) is 5.92 Å². The molecule has 8 heteroatoms. The minimum Gasteiger partial charge on any atom is -0.481 e. The second-order valence-corrected chi connectivity index (χ2v) is 8.08. The van der Waals surface area contributed by atoms with Crippen LogP contribution in [0, 0.1) is 5.92 Å². The first-order valence-corrected chi connectivity index (χ1v) is 11.2. The van der Waals surface area contributed by atoms with Crippen LogP contribution < -0.4 is 0 Å². The van der Waals surface area contributed by atoms with Crippen molar-refractivity contribution in [3.8, 4) is 0 Å². The number of aliphatic hydroxyl groups is 1. The zero-order chi connectivity index (χ0) is 22.1. The first-order valence-electron chi connectivity index (χ1n) is 11.2. The number of carboxylic acid groups (broad SMARTS) is 3. The molecule has 0 amide bonds. The van der Waals surface area contributed by atoms with Crippen molar-refractivity contribution >= 4 is 44.1 Å². The molecule has 0 saturated carbocycles. The monoisotopic (exact) mass is 625 g/mol. The molecule has 4 N–H and O–H groups in total. The van der Waals surface area contributed by atoms with Crippen molar-refractivity contribution in [3.63, 3.8) is 0 Å². The van der Waals surface area contributed by atoms with E-state index in [2.05, 4.69) is 6.92 Å². The molecule has 3 radical (unpaired) electrons. The molecule has 30 heavy (non-hydrogen) atoms. The number of carboxylic acids is 3. The summed E-state index contributed by atoms with van der Waals surface area (Å²) in [5, 5.41) is 37.3. The molecule has 0 aliphatic carbocycles. The van der Waals surface area contributed by atoms with Crippen LogP contribution in [0.15, 0.2) is 0 Å². The van der Waals surface area contributed by atoms with Crippen molar-refractivity contribution in [2.45, 2.75) is 115 Å². The summed E-state index contributed by atoms with van der Waals surface area (Å²) < 4.78 is 0. The molecule has 7 nitrogen and oxygen atoms in total. The summed E-state index contributed by atoms with van der Waals surface area (Å²) in [6.07, 6.45) is 14.8. The Hall–Kier alpha value is -0.747. The van der Waals surface area contributed by atoms with Gasteiger partial charge >= 0.3 is 17.9 Å². The molecule has 0 aliphatic rings. The second-order valence-electron chi connectivity index (χ2n) is 8.08. The third kappa shape index (κ3) is 14.3. The summed E-state index contributed by atoms with van der Waals surface area (Å²) >= 11 is 0. The summed E-state index contributed by atoms with van der Waals surface area (Å²) in [6.45, 7) is 2.22. The van der Waals surface area contributed by atoms with Gasteiger partial charge in [0.15, 0.2) is 5.60 Å². The van der Waals surface area contributed by atoms with Crippen molar-refractivity contribution < 1.29 is 34.8 Å². The zero-order valence-electron chi connectivity index (χ0n) is 18.4. The number of hydrogen-bond acceptors (Lipinski definition) is 4. The van der Waals surface area contributed by atoms with Gasteiger partial charge < -0.3 is 20.4 Å². The van der Waals surface area contributed by atoms with E-state index in [4.69, 9.17) is 10.2 Å². The van der Waals surface area contributed by atoms with Crippen molar-refractivity contribution in [2.75, 3.05) is 0 Å². The predicted molar refractivity (Wildman–Crippen MR) is 117 cm³/mol. The van der Waals surface area contributed by atoms with Gasteiger partial charge in [-0.3, -0.25) is 9.59 Å². The van der Waals surface area contributed by atoms with Crippen LogP contribution in [0.25, 0.3) is 0 Å². The fourth-order valence-electron chi connectivity index (χ4n) is 3.69. The Morgan fingerprint density at radius 1 is 0.700 bits per heavy atom. The van der Waals surface area contributed by atoms with Crippen LogP contribution in [0.3, 0.4) is 0 Å². The molecule has 0 rings (SSSR count). The van der Waals surface area contributed by atoms with E-state index in [1.165, 1.54) is 57.8 Å². The molecule has 0 aromatic rings. The molecular weight excluding hydrogens is 585 g/mol. The maximum atomic E-state index is 11.4. The van der Waals surface area contributed by atoms with Gasteiger partial charge in [-0.1, -0.05) is 96.8 Å². The van der Waals surface area contributed by atoms with Crippen LogP contribution in [0.2, 0.25) is 0 Å². The molecule has 0 heterocycles. The summed E-state index contributed by atoms with van der Waals surface area (Å²) in [5.74, 6) is -6.46. The number of unbranched alkanes of at least 4 members (excludes halogenated alkanes) is 13. The van der Waals surface area contributed by atoms with E-state index in [-0.39, 0.29) is 32.6 Å². The van der Waals surface area contributed by atoms with Crippen LogP contribution in [0.5, 0.6) is 0 Å². The fraction of sp³-hybridized carbons (Fsp3) is 0.864. The molecular formula is C22H40BiO7. The molecule has 0 aromatic carbocycles. The van der Waals surface area contributed by atoms with Crippen LogP contribution >= 0.6 is 0 Å². The quantitative estimate of drug-likeness (QED) is 0.116. The predicted octanol–water partition coefficient (Wildman–Crippen LogP) is 4.47. The van der Waals surface area contributed by atoms with Gasteiger partial charge in [-0.2, -0.15) is 0 Å². The Balaban J connectivity index is 0. The Morgan fingerprint density at radius 2 is 1.07 bits per heavy atom. The van der Waals surface area contributed by atoms with E-state index in [0.29, 0.717) is 6.42 Å². The number of carbonyl (C=O) groups is 3. The third-order valence-corrected chi connectivity index (χ3v) is 5.51. The number of hydrogen-bond donors (Lipinski definition) is 4. The fourth-order valence-corrected chi connectivity index (χ4v) is 3.69. The molecule has 0 fully saturated rings. The minimum atomic E-state index is -2.78. The average molecular weight is 626 g/mol. The van der Waals surface area contributed by atoms with Gasteiger partial charge in [-0.25, -0.2) is 4.79 Å².